The number of halogens is 1. The topological polar surface area (TPSA) is 42.2 Å². The molecule has 5 heteroatoms. The molecule has 2 aromatic heterocycles. The maximum atomic E-state index is 13.3. The van der Waals surface area contributed by atoms with Crippen molar-refractivity contribution in [3.05, 3.63) is 78.0 Å². The number of hydrogen-bond donors (Lipinski definition) is 1. The van der Waals surface area contributed by atoms with Crippen LogP contribution in [0, 0.1) is 19.7 Å². The van der Waals surface area contributed by atoms with E-state index in [0.29, 0.717) is 0 Å². The first-order valence-corrected chi connectivity index (χ1v) is 8.05. The summed E-state index contributed by atoms with van der Waals surface area (Å²) in [4.78, 5) is 8.83. The fourth-order valence-corrected chi connectivity index (χ4v) is 2.97. The normalized spacial score (nSPS) is 11.0. The third-order valence-electron chi connectivity index (χ3n) is 4.27. The molecule has 0 aliphatic carbocycles. The summed E-state index contributed by atoms with van der Waals surface area (Å²) in [6, 6.07) is 12.5. The molecule has 0 aliphatic rings. The Morgan fingerprint density at radius 3 is 2.44 bits per heavy atom. The summed E-state index contributed by atoms with van der Waals surface area (Å²) < 4.78 is 15.3. The molecule has 4 rings (SSSR count). The molecule has 2 heterocycles. The minimum atomic E-state index is -0.265. The summed E-state index contributed by atoms with van der Waals surface area (Å²) >= 11 is 0. The standard InChI is InChI=1S/C20H17FN4/c1-13-4-3-5-14(2)18(13)24-20-19(15-6-8-16(21)9-7-15)23-17-12-22-10-11-25(17)20/h3-12,24H,1-2H3. The van der Waals surface area contributed by atoms with Gasteiger partial charge in [0.25, 0.3) is 0 Å². The predicted octanol–water partition coefficient (Wildman–Crippen LogP) is 4.90. The van der Waals surface area contributed by atoms with E-state index in [2.05, 4.69) is 41.3 Å². The molecule has 0 atom stereocenters. The number of nitrogens with one attached hydrogen (secondary N) is 1. The molecule has 1 N–H and O–H groups in total. The molecule has 124 valence electrons. The van der Waals surface area contributed by atoms with Crippen molar-refractivity contribution in [2.45, 2.75) is 13.8 Å². The summed E-state index contributed by atoms with van der Waals surface area (Å²) in [5.41, 5.74) is 5.68. The Morgan fingerprint density at radius 2 is 1.72 bits per heavy atom. The van der Waals surface area contributed by atoms with Crippen LogP contribution >= 0.6 is 0 Å². The van der Waals surface area contributed by atoms with Gasteiger partial charge in [0.1, 0.15) is 17.3 Å². The summed E-state index contributed by atoms with van der Waals surface area (Å²) in [6.45, 7) is 4.13. The summed E-state index contributed by atoms with van der Waals surface area (Å²) in [7, 11) is 0. The van der Waals surface area contributed by atoms with E-state index in [4.69, 9.17) is 0 Å². The lowest BCUT2D eigenvalue weighted by molar-refractivity contribution is 0.628. The van der Waals surface area contributed by atoms with Crippen molar-refractivity contribution < 1.29 is 4.39 Å². The SMILES string of the molecule is Cc1cccc(C)c1Nc1c(-c2ccc(F)cc2)nc2cnccn12. The average Bonchev–Trinajstić information content (AvgIpc) is 2.97. The van der Waals surface area contributed by atoms with E-state index in [-0.39, 0.29) is 5.82 Å². The van der Waals surface area contributed by atoms with Gasteiger partial charge in [0, 0.05) is 23.6 Å². The second-order valence-corrected chi connectivity index (χ2v) is 6.01. The van der Waals surface area contributed by atoms with Gasteiger partial charge in [-0.3, -0.25) is 9.38 Å². The van der Waals surface area contributed by atoms with Crippen LogP contribution in [0.15, 0.2) is 61.1 Å². The van der Waals surface area contributed by atoms with Gasteiger partial charge in [-0.05, 0) is 49.2 Å². The fraction of sp³-hybridized carbons (Fsp3) is 0.100. The van der Waals surface area contributed by atoms with Crippen molar-refractivity contribution in [3.8, 4) is 11.3 Å². The smallest absolute Gasteiger partial charge is 0.157 e. The van der Waals surface area contributed by atoms with E-state index in [9.17, 15) is 4.39 Å². The minimum absolute atomic E-state index is 0.265. The van der Waals surface area contributed by atoms with Crippen LogP contribution in [0.1, 0.15) is 11.1 Å². The number of benzene rings is 2. The Hall–Kier alpha value is -3.21. The molecule has 0 fully saturated rings. The van der Waals surface area contributed by atoms with Gasteiger partial charge in [-0.15, -0.1) is 0 Å². The Labute approximate surface area is 145 Å². The average molecular weight is 332 g/mol. The number of nitrogens with zero attached hydrogens (tertiary/aromatic N) is 3. The van der Waals surface area contributed by atoms with E-state index in [1.54, 1.807) is 24.5 Å². The lowest BCUT2D eigenvalue weighted by Gasteiger charge is -2.14. The van der Waals surface area contributed by atoms with Crippen molar-refractivity contribution in [2.75, 3.05) is 5.32 Å². The molecular weight excluding hydrogens is 315 g/mol. The van der Waals surface area contributed by atoms with Crippen molar-refractivity contribution in [1.82, 2.24) is 14.4 Å². The van der Waals surface area contributed by atoms with Crippen LogP contribution in [0.4, 0.5) is 15.9 Å². The molecule has 0 saturated heterocycles. The molecule has 0 aliphatic heterocycles. The number of fused-ring (bicyclic) bond motifs is 1. The van der Waals surface area contributed by atoms with Crippen LogP contribution in [0.25, 0.3) is 16.9 Å². The third kappa shape index (κ3) is 2.74. The van der Waals surface area contributed by atoms with Gasteiger partial charge in [-0.25, -0.2) is 9.37 Å². The number of hydrogen-bond acceptors (Lipinski definition) is 3. The Kier molecular flexibility index (Phi) is 3.69. The number of para-hydroxylation sites is 1. The molecule has 2 aromatic carbocycles. The Bertz CT molecular complexity index is 1030. The highest BCUT2D eigenvalue weighted by atomic mass is 19.1. The summed E-state index contributed by atoms with van der Waals surface area (Å²) in [5, 5.41) is 3.52. The number of aryl methyl sites for hydroxylation is 2. The van der Waals surface area contributed by atoms with Crippen molar-refractivity contribution in [2.24, 2.45) is 0 Å². The molecule has 25 heavy (non-hydrogen) atoms. The first-order valence-electron chi connectivity index (χ1n) is 8.05. The van der Waals surface area contributed by atoms with Gasteiger partial charge in [0.15, 0.2) is 5.65 Å². The molecule has 4 aromatic rings. The van der Waals surface area contributed by atoms with Gasteiger partial charge >= 0.3 is 0 Å². The highest BCUT2D eigenvalue weighted by Crippen LogP contribution is 2.33. The lowest BCUT2D eigenvalue weighted by Crippen LogP contribution is -2.00. The largest absolute Gasteiger partial charge is 0.339 e. The molecule has 0 amide bonds. The van der Waals surface area contributed by atoms with E-state index in [1.165, 1.54) is 12.1 Å². The summed E-state index contributed by atoms with van der Waals surface area (Å²) in [6.07, 6.45) is 5.30. The fourth-order valence-electron chi connectivity index (χ4n) is 2.97. The first kappa shape index (κ1) is 15.3. The second-order valence-electron chi connectivity index (χ2n) is 6.01. The van der Waals surface area contributed by atoms with Crippen molar-refractivity contribution in [3.63, 3.8) is 0 Å². The van der Waals surface area contributed by atoms with Crippen LogP contribution in [-0.2, 0) is 0 Å². The minimum Gasteiger partial charge on any atom is -0.339 e. The number of imidazole rings is 1. The Balaban J connectivity index is 1.92. The zero-order chi connectivity index (χ0) is 17.4. The number of rotatable bonds is 3. The second kappa shape index (κ2) is 6.02. The van der Waals surface area contributed by atoms with Crippen molar-refractivity contribution >= 4 is 17.2 Å². The molecule has 0 spiro atoms. The van der Waals surface area contributed by atoms with Gasteiger partial charge in [0.2, 0.25) is 0 Å². The van der Waals surface area contributed by atoms with Crippen molar-refractivity contribution in [1.29, 1.82) is 0 Å². The van der Waals surface area contributed by atoms with Gasteiger partial charge in [0.05, 0.1) is 6.20 Å². The Morgan fingerprint density at radius 1 is 1.00 bits per heavy atom. The molecule has 0 bridgehead atoms. The van der Waals surface area contributed by atoms with Crippen LogP contribution in [0.5, 0.6) is 0 Å². The van der Waals surface area contributed by atoms with Gasteiger partial charge in [-0.1, -0.05) is 18.2 Å². The van der Waals surface area contributed by atoms with E-state index in [1.807, 2.05) is 16.7 Å². The zero-order valence-corrected chi connectivity index (χ0v) is 14.0. The molecular formula is C20H17FN4. The van der Waals surface area contributed by atoms with Crippen LogP contribution in [-0.4, -0.2) is 14.4 Å². The van der Waals surface area contributed by atoms with E-state index >= 15 is 0 Å². The predicted molar refractivity (Wildman–Crippen MR) is 97.6 cm³/mol. The first-order chi connectivity index (χ1) is 12.1. The highest BCUT2D eigenvalue weighted by Gasteiger charge is 2.16. The van der Waals surface area contributed by atoms with E-state index < -0.39 is 0 Å². The maximum Gasteiger partial charge on any atom is 0.157 e. The summed E-state index contributed by atoms with van der Waals surface area (Å²) in [5.74, 6) is 0.569. The van der Waals surface area contributed by atoms with E-state index in [0.717, 1.165) is 39.5 Å². The van der Waals surface area contributed by atoms with Crippen LogP contribution in [0.3, 0.4) is 0 Å². The van der Waals surface area contributed by atoms with Crippen LogP contribution in [0.2, 0.25) is 0 Å². The number of aromatic nitrogens is 3. The quantitative estimate of drug-likeness (QED) is 0.580. The highest BCUT2D eigenvalue weighted by molar-refractivity contribution is 5.80. The monoisotopic (exact) mass is 332 g/mol. The zero-order valence-electron chi connectivity index (χ0n) is 14.0. The molecule has 0 radical (unpaired) electrons. The molecule has 0 saturated carbocycles. The lowest BCUT2D eigenvalue weighted by atomic mass is 10.1. The van der Waals surface area contributed by atoms with Gasteiger partial charge < -0.3 is 5.32 Å². The van der Waals surface area contributed by atoms with Gasteiger partial charge in [-0.2, -0.15) is 0 Å². The van der Waals surface area contributed by atoms with Crippen LogP contribution < -0.4 is 5.32 Å². The molecule has 4 nitrogen and oxygen atoms in total. The number of anilines is 2. The molecule has 0 unspecified atom stereocenters. The third-order valence-corrected chi connectivity index (χ3v) is 4.27. The maximum absolute atomic E-state index is 13.3.